The van der Waals surface area contributed by atoms with E-state index in [0.717, 1.165) is 24.9 Å². The van der Waals surface area contributed by atoms with Crippen molar-refractivity contribution in [3.05, 3.63) is 29.8 Å². The molecule has 1 saturated heterocycles. The first-order valence-electron chi connectivity index (χ1n) is 7.16. The van der Waals surface area contributed by atoms with Gasteiger partial charge in [-0.2, -0.15) is 0 Å². The van der Waals surface area contributed by atoms with Gasteiger partial charge in [-0.15, -0.1) is 0 Å². The quantitative estimate of drug-likeness (QED) is 0.889. The van der Waals surface area contributed by atoms with E-state index < -0.39 is 0 Å². The van der Waals surface area contributed by atoms with E-state index in [1.165, 1.54) is 0 Å². The van der Waals surface area contributed by atoms with Crippen molar-refractivity contribution < 1.29 is 9.90 Å². The molecule has 0 spiro atoms. The number of benzene rings is 1. The Morgan fingerprint density at radius 3 is 2.90 bits per heavy atom. The lowest BCUT2D eigenvalue weighted by Crippen LogP contribution is -2.55. The molecule has 1 amide bonds. The number of rotatable bonds is 3. The molecule has 1 heterocycles. The first-order valence-corrected chi connectivity index (χ1v) is 7.16. The third-order valence-corrected chi connectivity index (χ3v) is 4.08. The predicted molar refractivity (Wildman–Crippen MR) is 79.4 cm³/mol. The Labute approximate surface area is 120 Å². The standard InChI is InChI=1S/C16H24N2O2/c1-16(2)8-5-9-17-14(16)15(20)18(3)11-12-6-4-7-13(19)10-12/h4,6-7,10,14,17,19H,5,8-9,11H2,1-3H3. The van der Waals surface area contributed by atoms with E-state index in [1.54, 1.807) is 23.1 Å². The highest BCUT2D eigenvalue weighted by atomic mass is 16.3. The molecule has 1 atom stereocenters. The van der Waals surface area contributed by atoms with Crippen LogP contribution in [0.15, 0.2) is 24.3 Å². The molecule has 0 bridgehead atoms. The molecule has 2 N–H and O–H groups in total. The van der Waals surface area contributed by atoms with Crippen molar-refractivity contribution in [2.45, 2.75) is 39.3 Å². The summed E-state index contributed by atoms with van der Waals surface area (Å²) in [4.78, 5) is 14.3. The van der Waals surface area contributed by atoms with Crippen LogP contribution in [0.1, 0.15) is 32.3 Å². The molecule has 0 radical (unpaired) electrons. The molecular weight excluding hydrogens is 252 g/mol. The van der Waals surface area contributed by atoms with E-state index in [9.17, 15) is 9.90 Å². The van der Waals surface area contributed by atoms with Crippen molar-refractivity contribution in [2.24, 2.45) is 5.41 Å². The Kier molecular flexibility index (Phi) is 4.33. The number of hydrogen-bond donors (Lipinski definition) is 2. The van der Waals surface area contributed by atoms with Crippen LogP contribution in [0.3, 0.4) is 0 Å². The number of aromatic hydroxyl groups is 1. The lowest BCUT2D eigenvalue weighted by molar-refractivity contribution is -0.136. The van der Waals surface area contributed by atoms with Gasteiger partial charge in [-0.3, -0.25) is 4.79 Å². The Morgan fingerprint density at radius 2 is 2.25 bits per heavy atom. The van der Waals surface area contributed by atoms with Gasteiger partial charge in [0.05, 0.1) is 6.04 Å². The van der Waals surface area contributed by atoms with Crippen LogP contribution in [0.25, 0.3) is 0 Å². The molecule has 20 heavy (non-hydrogen) atoms. The van der Waals surface area contributed by atoms with Crippen LogP contribution in [-0.2, 0) is 11.3 Å². The molecule has 2 rings (SSSR count). The van der Waals surface area contributed by atoms with Gasteiger partial charge in [-0.25, -0.2) is 0 Å². The first-order chi connectivity index (χ1) is 9.40. The summed E-state index contributed by atoms with van der Waals surface area (Å²) in [5.74, 6) is 0.359. The number of likely N-dealkylation sites (N-methyl/N-ethyl adjacent to an activating group) is 1. The van der Waals surface area contributed by atoms with Crippen LogP contribution >= 0.6 is 0 Å². The molecule has 0 aliphatic carbocycles. The number of piperidine rings is 1. The SMILES string of the molecule is CN(Cc1cccc(O)c1)C(=O)C1NCCCC1(C)C. The van der Waals surface area contributed by atoms with E-state index in [4.69, 9.17) is 0 Å². The number of hydrogen-bond acceptors (Lipinski definition) is 3. The van der Waals surface area contributed by atoms with Gasteiger partial charge in [-0.1, -0.05) is 26.0 Å². The molecule has 0 saturated carbocycles. The average Bonchev–Trinajstić information content (AvgIpc) is 2.37. The van der Waals surface area contributed by atoms with Gasteiger partial charge in [0.15, 0.2) is 0 Å². The van der Waals surface area contributed by atoms with Crippen molar-refractivity contribution in [2.75, 3.05) is 13.6 Å². The number of nitrogens with one attached hydrogen (secondary N) is 1. The van der Waals surface area contributed by atoms with E-state index in [1.807, 2.05) is 13.1 Å². The van der Waals surface area contributed by atoms with E-state index in [0.29, 0.717) is 6.54 Å². The summed E-state index contributed by atoms with van der Waals surface area (Å²) in [6, 6.07) is 6.92. The molecule has 1 unspecified atom stereocenters. The van der Waals surface area contributed by atoms with Crippen molar-refractivity contribution in [1.82, 2.24) is 10.2 Å². The largest absolute Gasteiger partial charge is 0.508 e. The van der Waals surface area contributed by atoms with Gasteiger partial charge >= 0.3 is 0 Å². The van der Waals surface area contributed by atoms with Gasteiger partial charge in [0.2, 0.25) is 5.91 Å². The summed E-state index contributed by atoms with van der Waals surface area (Å²) < 4.78 is 0. The Hall–Kier alpha value is -1.55. The lowest BCUT2D eigenvalue weighted by atomic mass is 9.77. The summed E-state index contributed by atoms with van der Waals surface area (Å²) in [5, 5.41) is 12.8. The van der Waals surface area contributed by atoms with Crippen molar-refractivity contribution >= 4 is 5.91 Å². The average molecular weight is 276 g/mol. The molecule has 1 aromatic rings. The minimum absolute atomic E-state index is 0.0115. The molecule has 4 nitrogen and oxygen atoms in total. The molecule has 0 aromatic heterocycles. The summed E-state index contributed by atoms with van der Waals surface area (Å²) >= 11 is 0. The fourth-order valence-corrected chi connectivity index (χ4v) is 2.86. The Morgan fingerprint density at radius 1 is 1.50 bits per heavy atom. The lowest BCUT2D eigenvalue weighted by Gasteiger charge is -2.40. The second kappa shape index (κ2) is 5.83. The van der Waals surface area contributed by atoms with Crippen molar-refractivity contribution in [1.29, 1.82) is 0 Å². The van der Waals surface area contributed by atoms with E-state index in [-0.39, 0.29) is 23.1 Å². The molecule has 1 aliphatic rings. The van der Waals surface area contributed by atoms with Crippen molar-refractivity contribution in [3.63, 3.8) is 0 Å². The minimum Gasteiger partial charge on any atom is -0.508 e. The topological polar surface area (TPSA) is 52.6 Å². The first kappa shape index (κ1) is 14.9. The normalized spacial score (nSPS) is 21.4. The highest BCUT2D eigenvalue weighted by Crippen LogP contribution is 2.31. The fourth-order valence-electron chi connectivity index (χ4n) is 2.86. The monoisotopic (exact) mass is 276 g/mol. The highest BCUT2D eigenvalue weighted by Gasteiger charge is 2.38. The third-order valence-electron chi connectivity index (χ3n) is 4.08. The van der Waals surface area contributed by atoms with Crippen LogP contribution in [0, 0.1) is 5.41 Å². The maximum atomic E-state index is 12.6. The van der Waals surface area contributed by atoms with Crippen LogP contribution in [0.5, 0.6) is 5.75 Å². The van der Waals surface area contributed by atoms with Gasteiger partial charge in [0.1, 0.15) is 5.75 Å². The number of carbonyl (C=O) groups excluding carboxylic acids is 1. The number of carbonyl (C=O) groups is 1. The van der Waals surface area contributed by atoms with Crippen LogP contribution in [-0.4, -0.2) is 35.5 Å². The predicted octanol–water partition coefficient (Wildman–Crippen LogP) is 2.13. The summed E-state index contributed by atoms with van der Waals surface area (Å²) in [5.41, 5.74) is 0.928. The summed E-state index contributed by atoms with van der Waals surface area (Å²) in [6.45, 7) is 5.70. The fraction of sp³-hybridized carbons (Fsp3) is 0.562. The maximum Gasteiger partial charge on any atom is 0.240 e. The molecule has 1 fully saturated rings. The van der Waals surface area contributed by atoms with Gasteiger partial charge < -0.3 is 15.3 Å². The third kappa shape index (κ3) is 3.31. The highest BCUT2D eigenvalue weighted by molar-refractivity contribution is 5.82. The van der Waals surface area contributed by atoms with Gasteiger partial charge in [-0.05, 0) is 42.5 Å². The Balaban J connectivity index is 2.05. The second-order valence-electron chi connectivity index (χ2n) is 6.34. The molecule has 4 heteroatoms. The van der Waals surface area contributed by atoms with Gasteiger partial charge in [0.25, 0.3) is 0 Å². The number of amides is 1. The van der Waals surface area contributed by atoms with Crippen LogP contribution < -0.4 is 5.32 Å². The van der Waals surface area contributed by atoms with Crippen LogP contribution in [0.4, 0.5) is 0 Å². The number of phenolic OH excluding ortho intramolecular Hbond substituents is 1. The zero-order valence-corrected chi connectivity index (χ0v) is 12.5. The zero-order valence-electron chi connectivity index (χ0n) is 12.5. The molecule has 1 aromatic carbocycles. The smallest absolute Gasteiger partial charge is 0.240 e. The van der Waals surface area contributed by atoms with E-state index in [2.05, 4.69) is 19.2 Å². The number of phenols is 1. The minimum atomic E-state index is -0.126. The van der Waals surface area contributed by atoms with Gasteiger partial charge in [0, 0.05) is 13.6 Å². The molecule has 110 valence electrons. The van der Waals surface area contributed by atoms with Crippen molar-refractivity contribution in [3.8, 4) is 5.75 Å². The van der Waals surface area contributed by atoms with Crippen LogP contribution in [0.2, 0.25) is 0 Å². The second-order valence-corrected chi connectivity index (χ2v) is 6.34. The summed E-state index contributed by atoms with van der Waals surface area (Å²) in [7, 11) is 1.82. The molecular formula is C16H24N2O2. The van der Waals surface area contributed by atoms with E-state index >= 15 is 0 Å². The maximum absolute atomic E-state index is 12.6. The summed E-state index contributed by atoms with van der Waals surface area (Å²) in [6.07, 6.45) is 2.18. The molecule has 1 aliphatic heterocycles. The Bertz CT molecular complexity index is 485. The number of nitrogens with zero attached hydrogens (tertiary/aromatic N) is 1. The zero-order chi connectivity index (χ0) is 14.8.